The topological polar surface area (TPSA) is 56.0 Å². The van der Waals surface area contributed by atoms with Crippen LogP contribution in [0.4, 0.5) is 5.69 Å². The molecule has 0 fully saturated rings. The first-order valence-electron chi connectivity index (χ1n) is 6.21. The van der Waals surface area contributed by atoms with Crippen LogP contribution in [0.2, 0.25) is 0 Å². The van der Waals surface area contributed by atoms with Crippen molar-refractivity contribution < 1.29 is 5.11 Å². The van der Waals surface area contributed by atoms with Crippen LogP contribution < -0.4 is 5.32 Å². The standard InChI is InChI=1S/C16H16N2O/c1-12(15-4-2-3-5-16(15)19)18-14-8-6-13(7-9-14)10-11-17/h2-9,12,18-19H,10H2,1H3. The molecule has 0 saturated carbocycles. The van der Waals surface area contributed by atoms with Crippen molar-refractivity contribution in [2.45, 2.75) is 19.4 Å². The van der Waals surface area contributed by atoms with Crippen molar-refractivity contribution in [1.29, 1.82) is 5.26 Å². The minimum Gasteiger partial charge on any atom is -0.508 e. The summed E-state index contributed by atoms with van der Waals surface area (Å²) in [6.45, 7) is 2.00. The minimum atomic E-state index is 0.0167. The molecule has 1 unspecified atom stereocenters. The van der Waals surface area contributed by atoms with E-state index < -0.39 is 0 Å². The first kappa shape index (κ1) is 13.0. The fourth-order valence-corrected chi connectivity index (χ4v) is 1.99. The van der Waals surface area contributed by atoms with Crippen molar-refractivity contribution in [2.24, 2.45) is 0 Å². The first-order valence-corrected chi connectivity index (χ1v) is 6.21. The first-order chi connectivity index (χ1) is 9.20. The van der Waals surface area contributed by atoms with E-state index in [0.717, 1.165) is 16.8 Å². The Morgan fingerprint density at radius 3 is 2.47 bits per heavy atom. The second-order valence-electron chi connectivity index (χ2n) is 4.46. The molecule has 2 rings (SSSR count). The lowest BCUT2D eigenvalue weighted by molar-refractivity contribution is 0.465. The van der Waals surface area contributed by atoms with Crippen molar-refractivity contribution in [3.8, 4) is 11.8 Å². The fourth-order valence-electron chi connectivity index (χ4n) is 1.99. The molecule has 0 bridgehead atoms. The summed E-state index contributed by atoms with van der Waals surface area (Å²) >= 11 is 0. The molecule has 0 saturated heterocycles. The number of anilines is 1. The Bertz CT molecular complexity index is 584. The van der Waals surface area contributed by atoms with Crippen LogP contribution in [-0.4, -0.2) is 5.11 Å². The summed E-state index contributed by atoms with van der Waals surface area (Å²) in [6.07, 6.45) is 0.426. The normalized spacial score (nSPS) is 11.6. The zero-order valence-electron chi connectivity index (χ0n) is 10.8. The minimum absolute atomic E-state index is 0.0167. The highest BCUT2D eigenvalue weighted by Crippen LogP contribution is 2.26. The number of nitriles is 1. The van der Waals surface area contributed by atoms with Gasteiger partial charge in [0.2, 0.25) is 0 Å². The van der Waals surface area contributed by atoms with Crippen LogP contribution in [0.3, 0.4) is 0 Å². The molecule has 0 heterocycles. The van der Waals surface area contributed by atoms with Crippen molar-refractivity contribution in [2.75, 3.05) is 5.32 Å². The fraction of sp³-hybridized carbons (Fsp3) is 0.188. The molecule has 3 heteroatoms. The zero-order chi connectivity index (χ0) is 13.7. The number of phenols is 1. The Kier molecular flexibility index (Phi) is 4.04. The third-order valence-electron chi connectivity index (χ3n) is 3.02. The number of aromatic hydroxyl groups is 1. The maximum absolute atomic E-state index is 9.80. The van der Waals surface area contributed by atoms with Crippen LogP contribution in [0.15, 0.2) is 48.5 Å². The Morgan fingerprint density at radius 1 is 1.16 bits per heavy atom. The van der Waals surface area contributed by atoms with Gasteiger partial charge in [-0.25, -0.2) is 0 Å². The highest BCUT2D eigenvalue weighted by atomic mass is 16.3. The van der Waals surface area contributed by atoms with E-state index in [1.807, 2.05) is 49.4 Å². The molecule has 3 nitrogen and oxygen atoms in total. The quantitative estimate of drug-likeness (QED) is 0.873. The molecule has 0 amide bonds. The molecule has 19 heavy (non-hydrogen) atoms. The number of nitrogens with one attached hydrogen (secondary N) is 1. The molecule has 0 aliphatic heterocycles. The van der Waals surface area contributed by atoms with Crippen molar-refractivity contribution in [3.63, 3.8) is 0 Å². The van der Waals surface area contributed by atoms with Gasteiger partial charge in [0.1, 0.15) is 5.75 Å². The van der Waals surface area contributed by atoms with Crippen LogP contribution in [0.5, 0.6) is 5.75 Å². The van der Waals surface area contributed by atoms with Gasteiger partial charge in [0.15, 0.2) is 0 Å². The molecular formula is C16H16N2O. The van der Waals surface area contributed by atoms with Crippen LogP contribution in [0, 0.1) is 11.3 Å². The third-order valence-corrected chi connectivity index (χ3v) is 3.02. The second-order valence-corrected chi connectivity index (χ2v) is 4.46. The predicted molar refractivity (Wildman–Crippen MR) is 75.9 cm³/mol. The van der Waals surface area contributed by atoms with Crippen LogP contribution in [0.1, 0.15) is 24.1 Å². The number of hydrogen-bond acceptors (Lipinski definition) is 3. The molecule has 2 aromatic carbocycles. The molecule has 2 N–H and O–H groups in total. The average molecular weight is 252 g/mol. The molecule has 0 radical (unpaired) electrons. The molecular weight excluding hydrogens is 236 g/mol. The van der Waals surface area contributed by atoms with E-state index >= 15 is 0 Å². The van der Waals surface area contributed by atoms with E-state index in [2.05, 4.69) is 11.4 Å². The Morgan fingerprint density at radius 2 is 1.84 bits per heavy atom. The van der Waals surface area contributed by atoms with E-state index in [-0.39, 0.29) is 6.04 Å². The largest absolute Gasteiger partial charge is 0.508 e. The SMILES string of the molecule is CC(Nc1ccc(CC#N)cc1)c1ccccc1O. The monoisotopic (exact) mass is 252 g/mol. The van der Waals surface area contributed by atoms with Gasteiger partial charge in [-0.3, -0.25) is 0 Å². The lowest BCUT2D eigenvalue weighted by atomic mass is 10.1. The van der Waals surface area contributed by atoms with Gasteiger partial charge in [-0.15, -0.1) is 0 Å². The number of rotatable bonds is 4. The molecule has 0 spiro atoms. The second kappa shape index (κ2) is 5.92. The summed E-state index contributed by atoms with van der Waals surface area (Å²) < 4.78 is 0. The Labute approximate surface area is 113 Å². The summed E-state index contributed by atoms with van der Waals surface area (Å²) in [4.78, 5) is 0. The molecule has 0 aliphatic carbocycles. The van der Waals surface area contributed by atoms with Gasteiger partial charge < -0.3 is 10.4 Å². The number of hydrogen-bond donors (Lipinski definition) is 2. The highest BCUT2D eigenvalue weighted by Gasteiger charge is 2.09. The maximum Gasteiger partial charge on any atom is 0.120 e. The predicted octanol–water partition coefficient (Wildman–Crippen LogP) is 3.63. The van der Waals surface area contributed by atoms with E-state index in [1.54, 1.807) is 6.07 Å². The van der Waals surface area contributed by atoms with Gasteiger partial charge in [-0.05, 0) is 30.7 Å². The summed E-state index contributed by atoms with van der Waals surface area (Å²) in [5, 5.41) is 21.7. The molecule has 1 atom stereocenters. The van der Waals surface area contributed by atoms with Crippen LogP contribution in [0.25, 0.3) is 0 Å². The summed E-state index contributed by atoms with van der Waals surface area (Å²) in [6, 6.07) is 17.2. The third kappa shape index (κ3) is 3.26. The number of nitrogens with zero attached hydrogens (tertiary/aromatic N) is 1. The van der Waals surface area contributed by atoms with E-state index in [1.165, 1.54) is 0 Å². The number of benzene rings is 2. The number of para-hydroxylation sites is 1. The lowest BCUT2D eigenvalue weighted by Crippen LogP contribution is -2.06. The number of phenolic OH excluding ortho intramolecular Hbond substituents is 1. The summed E-state index contributed by atoms with van der Waals surface area (Å²) in [5.41, 5.74) is 2.84. The van der Waals surface area contributed by atoms with Gasteiger partial charge in [-0.2, -0.15) is 5.26 Å². The Balaban J connectivity index is 2.09. The highest BCUT2D eigenvalue weighted by molar-refractivity contribution is 5.48. The van der Waals surface area contributed by atoms with Gasteiger partial charge in [-0.1, -0.05) is 30.3 Å². The van der Waals surface area contributed by atoms with E-state index in [4.69, 9.17) is 5.26 Å². The smallest absolute Gasteiger partial charge is 0.120 e. The van der Waals surface area contributed by atoms with Gasteiger partial charge in [0.05, 0.1) is 18.5 Å². The average Bonchev–Trinajstić information content (AvgIpc) is 2.42. The van der Waals surface area contributed by atoms with E-state index in [9.17, 15) is 5.11 Å². The maximum atomic E-state index is 9.80. The zero-order valence-corrected chi connectivity index (χ0v) is 10.8. The van der Waals surface area contributed by atoms with Crippen molar-refractivity contribution >= 4 is 5.69 Å². The van der Waals surface area contributed by atoms with E-state index in [0.29, 0.717) is 12.2 Å². The van der Waals surface area contributed by atoms with Crippen LogP contribution >= 0.6 is 0 Å². The molecule has 0 aromatic heterocycles. The molecule has 0 aliphatic rings. The van der Waals surface area contributed by atoms with Gasteiger partial charge >= 0.3 is 0 Å². The lowest BCUT2D eigenvalue weighted by Gasteiger charge is -2.17. The van der Waals surface area contributed by atoms with Gasteiger partial charge in [0.25, 0.3) is 0 Å². The van der Waals surface area contributed by atoms with Gasteiger partial charge in [0, 0.05) is 11.3 Å². The van der Waals surface area contributed by atoms with Crippen molar-refractivity contribution in [1.82, 2.24) is 0 Å². The molecule has 2 aromatic rings. The summed E-state index contributed by atoms with van der Waals surface area (Å²) in [5.74, 6) is 0.295. The van der Waals surface area contributed by atoms with Crippen LogP contribution in [-0.2, 0) is 6.42 Å². The van der Waals surface area contributed by atoms with Crippen molar-refractivity contribution in [3.05, 3.63) is 59.7 Å². The Hall–Kier alpha value is -2.47. The molecule has 96 valence electrons. The summed E-state index contributed by atoms with van der Waals surface area (Å²) in [7, 11) is 0.